The third kappa shape index (κ3) is 4.93. The summed E-state index contributed by atoms with van der Waals surface area (Å²) in [6.45, 7) is 6.49. The summed E-state index contributed by atoms with van der Waals surface area (Å²) >= 11 is 0. The minimum absolute atomic E-state index is 0.256. The average Bonchev–Trinajstić information content (AvgIpc) is 2.95. The van der Waals surface area contributed by atoms with Crippen LogP contribution in [-0.2, 0) is 6.54 Å². The van der Waals surface area contributed by atoms with Crippen LogP contribution in [0.4, 0.5) is 8.78 Å². The van der Waals surface area contributed by atoms with Crippen LogP contribution in [0.5, 0.6) is 5.75 Å². The van der Waals surface area contributed by atoms with Gasteiger partial charge in [-0.25, -0.2) is 8.78 Å². The van der Waals surface area contributed by atoms with Gasteiger partial charge in [-0.05, 0) is 56.6 Å². The van der Waals surface area contributed by atoms with Gasteiger partial charge in [-0.15, -0.1) is 0 Å². The van der Waals surface area contributed by atoms with Crippen LogP contribution in [-0.4, -0.2) is 37.7 Å². The summed E-state index contributed by atoms with van der Waals surface area (Å²) in [5.41, 5.74) is 0.602. The van der Waals surface area contributed by atoms with Gasteiger partial charge in [-0.2, -0.15) is 0 Å². The summed E-state index contributed by atoms with van der Waals surface area (Å²) in [7, 11) is 0. The van der Waals surface area contributed by atoms with E-state index in [-0.39, 0.29) is 5.75 Å². The lowest BCUT2D eigenvalue weighted by Gasteiger charge is -2.16. The molecule has 0 atom stereocenters. The number of likely N-dealkylation sites (tertiary alicyclic amines) is 1. The number of halogens is 2. The van der Waals surface area contributed by atoms with Crippen LogP contribution in [0.1, 0.15) is 31.7 Å². The Morgan fingerprint density at radius 3 is 2.48 bits per heavy atom. The fourth-order valence-corrected chi connectivity index (χ4v) is 2.54. The van der Waals surface area contributed by atoms with E-state index >= 15 is 0 Å². The Hall–Kier alpha value is -1.20. The SMILES string of the molecule is CCCNCc1cc(F)c(OCCN2CCCC2)c(F)c1. The van der Waals surface area contributed by atoms with E-state index in [9.17, 15) is 8.78 Å². The lowest BCUT2D eigenvalue weighted by molar-refractivity contribution is 0.223. The lowest BCUT2D eigenvalue weighted by atomic mass is 10.2. The number of hydrogen-bond acceptors (Lipinski definition) is 3. The quantitative estimate of drug-likeness (QED) is 0.747. The molecule has 3 nitrogen and oxygen atoms in total. The Morgan fingerprint density at radius 1 is 1.19 bits per heavy atom. The van der Waals surface area contributed by atoms with Gasteiger partial charge in [0.2, 0.25) is 0 Å². The number of nitrogens with one attached hydrogen (secondary N) is 1. The molecule has 1 aromatic rings. The predicted octanol–water partition coefficient (Wildman–Crippen LogP) is 2.94. The maximum Gasteiger partial charge on any atom is 0.190 e. The maximum absolute atomic E-state index is 13.9. The highest BCUT2D eigenvalue weighted by molar-refractivity contribution is 5.31. The van der Waals surface area contributed by atoms with Gasteiger partial charge < -0.3 is 10.1 Å². The molecule has 0 unspecified atom stereocenters. The van der Waals surface area contributed by atoms with E-state index in [4.69, 9.17) is 4.74 Å². The van der Waals surface area contributed by atoms with Crippen LogP contribution in [0.15, 0.2) is 12.1 Å². The highest BCUT2D eigenvalue weighted by Gasteiger charge is 2.15. The summed E-state index contributed by atoms with van der Waals surface area (Å²) in [6.07, 6.45) is 3.38. The molecule has 0 amide bonds. The first-order valence-electron chi connectivity index (χ1n) is 7.74. The molecule has 1 N–H and O–H groups in total. The van der Waals surface area contributed by atoms with E-state index in [1.54, 1.807) is 0 Å². The number of ether oxygens (including phenoxy) is 1. The van der Waals surface area contributed by atoms with Crippen molar-refractivity contribution >= 4 is 0 Å². The molecule has 0 bridgehead atoms. The van der Waals surface area contributed by atoms with Crippen molar-refractivity contribution in [3.8, 4) is 5.75 Å². The van der Waals surface area contributed by atoms with Gasteiger partial charge in [-0.1, -0.05) is 6.92 Å². The molecule has 5 heteroatoms. The van der Waals surface area contributed by atoms with Crippen molar-refractivity contribution in [1.29, 1.82) is 0 Å². The number of hydrogen-bond donors (Lipinski definition) is 1. The highest BCUT2D eigenvalue weighted by Crippen LogP contribution is 2.23. The molecule has 1 aliphatic rings. The first-order valence-corrected chi connectivity index (χ1v) is 7.74. The summed E-state index contributed by atoms with van der Waals surface area (Å²) < 4.78 is 33.1. The molecule has 0 aliphatic carbocycles. The Kier molecular flexibility index (Phi) is 6.39. The van der Waals surface area contributed by atoms with Crippen LogP contribution >= 0.6 is 0 Å². The number of nitrogens with zero attached hydrogens (tertiary/aromatic N) is 1. The molecule has 0 spiro atoms. The van der Waals surface area contributed by atoms with Gasteiger partial charge in [0.05, 0.1) is 0 Å². The number of benzene rings is 1. The van der Waals surface area contributed by atoms with Crippen molar-refractivity contribution in [2.75, 3.05) is 32.8 Å². The predicted molar refractivity (Wildman–Crippen MR) is 79.5 cm³/mol. The largest absolute Gasteiger partial charge is 0.486 e. The normalized spacial score (nSPS) is 15.6. The molecular formula is C16H24F2N2O. The molecule has 21 heavy (non-hydrogen) atoms. The zero-order valence-corrected chi connectivity index (χ0v) is 12.6. The highest BCUT2D eigenvalue weighted by atomic mass is 19.1. The summed E-state index contributed by atoms with van der Waals surface area (Å²) in [5, 5.41) is 3.12. The van der Waals surface area contributed by atoms with Gasteiger partial charge in [-0.3, -0.25) is 4.90 Å². The standard InChI is InChI=1S/C16H24F2N2O/c1-2-5-19-12-13-10-14(17)16(15(18)11-13)21-9-8-20-6-3-4-7-20/h10-11,19H,2-9,12H2,1H3. The molecule has 118 valence electrons. The smallest absolute Gasteiger partial charge is 0.190 e. The van der Waals surface area contributed by atoms with E-state index in [1.807, 2.05) is 6.92 Å². The van der Waals surface area contributed by atoms with Crippen LogP contribution in [0.25, 0.3) is 0 Å². The molecule has 0 saturated carbocycles. The molecule has 1 aliphatic heterocycles. The molecule has 1 saturated heterocycles. The second-order valence-electron chi connectivity index (χ2n) is 5.46. The minimum atomic E-state index is -0.621. The Morgan fingerprint density at radius 2 is 1.86 bits per heavy atom. The molecule has 2 rings (SSSR count). The van der Waals surface area contributed by atoms with E-state index in [1.165, 1.54) is 25.0 Å². The third-order valence-corrected chi connectivity index (χ3v) is 3.67. The van der Waals surface area contributed by atoms with Gasteiger partial charge in [0.15, 0.2) is 17.4 Å². The average molecular weight is 298 g/mol. The van der Waals surface area contributed by atoms with Crippen LogP contribution in [0.3, 0.4) is 0 Å². The summed E-state index contributed by atoms with van der Waals surface area (Å²) in [4.78, 5) is 2.25. The zero-order valence-electron chi connectivity index (χ0n) is 12.6. The molecule has 1 aromatic carbocycles. The van der Waals surface area contributed by atoms with E-state index in [0.29, 0.717) is 18.7 Å². The molecule has 1 fully saturated rings. The summed E-state index contributed by atoms with van der Waals surface area (Å²) in [5.74, 6) is -1.50. The Bertz CT molecular complexity index is 425. The topological polar surface area (TPSA) is 24.5 Å². The molecule has 0 radical (unpaired) electrons. The lowest BCUT2D eigenvalue weighted by Crippen LogP contribution is -2.25. The third-order valence-electron chi connectivity index (χ3n) is 3.67. The molecule has 0 aromatic heterocycles. The second kappa shape index (κ2) is 8.29. The van der Waals surface area contributed by atoms with Crippen molar-refractivity contribution < 1.29 is 13.5 Å². The molecular weight excluding hydrogens is 274 g/mol. The fourth-order valence-electron chi connectivity index (χ4n) is 2.54. The number of rotatable bonds is 8. The van der Waals surface area contributed by atoms with Crippen LogP contribution in [0.2, 0.25) is 0 Å². The van der Waals surface area contributed by atoms with Gasteiger partial charge in [0.1, 0.15) is 6.61 Å². The van der Waals surface area contributed by atoms with Crippen molar-refractivity contribution in [2.45, 2.75) is 32.7 Å². The Labute approximate surface area is 125 Å². The fraction of sp³-hybridized carbons (Fsp3) is 0.625. The molecule has 1 heterocycles. The van der Waals surface area contributed by atoms with Gasteiger partial charge >= 0.3 is 0 Å². The van der Waals surface area contributed by atoms with Crippen molar-refractivity contribution in [3.05, 3.63) is 29.3 Å². The van der Waals surface area contributed by atoms with Crippen molar-refractivity contribution in [3.63, 3.8) is 0 Å². The monoisotopic (exact) mass is 298 g/mol. The van der Waals surface area contributed by atoms with Gasteiger partial charge in [0.25, 0.3) is 0 Å². The van der Waals surface area contributed by atoms with E-state index in [2.05, 4.69) is 10.2 Å². The first kappa shape index (κ1) is 16.2. The van der Waals surface area contributed by atoms with E-state index in [0.717, 1.165) is 32.6 Å². The summed E-state index contributed by atoms with van der Waals surface area (Å²) in [6, 6.07) is 2.69. The Balaban J connectivity index is 1.86. The van der Waals surface area contributed by atoms with Gasteiger partial charge in [0, 0.05) is 13.1 Å². The van der Waals surface area contributed by atoms with Crippen molar-refractivity contribution in [1.82, 2.24) is 10.2 Å². The zero-order chi connectivity index (χ0) is 15.1. The maximum atomic E-state index is 13.9. The minimum Gasteiger partial charge on any atom is -0.486 e. The van der Waals surface area contributed by atoms with Crippen LogP contribution < -0.4 is 10.1 Å². The first-order chi connectivity index (χ1) is 10.2. The van der Waals surface area contributed by atoms with Crippen molar-refractivity contribution in [2.24, 2.45) is 0 Å². The van der Waals surface area contributed by atoms with Crippen LogP contribution in [0, 0.1) is 11.6 Å². The second-order valence-corrected chi connectivity index (χ2v) is 5.46. The van der Waals surface area contributed by atoms with E-state index < -0.39 is 11.6 Å².